The van der Waals surface area contributed by atoms with E-state index in [1.807, 2.05) is 18.5 Å². The van der Waals surface area contributed by atoms with Crippen LogP contribution in [-0.4, -0.2) is 20.9 Å². The Hall–Kier alpha value is -1.36. The number of rotatable bonds is 2. The Balaban J connectivity index is 2.69. The van der Waals surface area contributed by atoms with E-state index in [1.54, 1.807) is 18.2 Å². The van der Waals surface area contributed by atoms with Crippen molar-refractivity contribution in [2.45, 2.75) is 19.9 Å². The molecule has 16 heavy (non-hydrogen) atoms. The van der Waals surface area contributed by atoms with E-state index in [2.05, 4.69) is 21.0 Å². The summed E-state index contributed by atoms with van der Waals surface area (Å²) in [5.41, 5.74) is 1.07. The number of aromatic carboxylic acids is 1. The molecule has 1 aromatic heterocycles. The van der Waals surface area contributed by atoms with E-state index >= 15 is 0 Å². The number of carboxylic acids is 1. The summed E-state index contributed by atoms with van der Waals surface area (Å²) < 4.78 is 2.65. The molecule has 1 N–H and O–H groups in total. The molecule has 0 aliphatic carbocycles. The summed E-state index contributed by atoms with van der Waals surface area (Å²) >= 11 is 3.44. The summed E-state index contributed by atoms with van der Waals surface area (Å²) in [4.78, 5) is 10.9. The Morgan fingerprint density at radius 1 is 1.50 bits per heavy atom. The molecule has 0 radical (unpaired) electrons. The maximum Gasteiger partial charge on any atom is 0.335 e. The number of fused-ring (bicyclic) bond motifs is 1. The first kappa shape index (κ1) is 11.1. The van der Waals surface area contributed by atoms with Gasteiger partial charge in [-0.05, 0) is 48.0 Å². The minimum atomic E-state index is -0.925. The van der Waals surface area contributed by atoms with Crippen molar-refractivity contribution in [3.05, 3.63) is 28.4 Å². The molecule has 0 amide bonds. The fourth-order valence-corrected chi connectivity index (χ4v) is 2.35. The minimum Gasteiger partial charge on any atom is -0.478 e. The van der Waals surface area contributed by atoms with Crippen LogP contribution in [0, 0.1) is 0 Å². The molecule has 0 aliphatic heterocycles. The van der Waals surface area contributed by atoms with Crippen LogP contribution in [0.3, 0.4) is 0 Å². The summed E-state index contributed by atoms with van der Waals surface area (Å²) in [6.07, 6.45) is 0. The van der Waals surface area contributed by atoms with Crippen molar-refractivity contribution >= 4 is 32.8 Å². The van der Waals surface area contributed by atoms with Crippen molar-refractivity contribution in [2.75, 3.05) is 0 Å². The highest BCUT2D eigenvalue weighted by atomic mass is 79.9. The van der Waals surface area contributed by atoms with Gasteiger partial charge in [-0.15, -0.1) is 0 Å². The fraction of sp³-hybridized carbons (Fsp3) is 0.273. The van der Waals surface area contributed by atoms with Crippen LogP contribution in [0.4, 0.5) is 0 Å². The fourth-order valence-electron chi connectivity index (χ4n) is 1.55. The highest BCUT2D eigenvalue weighted by Gasteiger charge is 2.13. The second kappa shape index (κ2) is 3.90. The van der Waals surface area contributed by atoms with Gasteiger partial charge in [0, 0.05) is 11.4 Å². The van der Waals surface area contributed by atoms with Gasteiger partial charge in [0.2, 0.25) is 0 Å². The molecular weight excluding hydrogens is 272 g/mol. The van der Waals surface area contributed by atoms with Gasteiger partial charge in [0.1, 0.15) is 4.60 Å². The summed E-state index contributed by atoms with van der Waals surface area (Å²) in [7, 11) is 0. The van der Waals surface area contributed by atoms with Gasteiger partial charge in [0.25, 0.3) is 0 Å². The van der Waals surface area contributed by atoms with Crippen LogP contribution in [0.1, 0.15) is 30.2 Å². The van der Waals surface area contributed by atoms with Crippen LogP contribution in [-0.2, 0) is 0 Å². The normalized spacial score (nSPS) is 11.2. The zero-order valence-corrected chi connectivity index (χ0v) is 10.5. The summed E-state index contributed by atoms with van der Waals surface area (Å²) in [6.45, 7) is 4.05. The maximum absolute atomic E-state index is 10.9. The number of hydrogen-bond acceptors (Lipinski definition) is 2. The number of halogens is 1. The van der Waals surface area contributed by atoms with Gasteiger partial charge in [-0.3, -0.25) is 4.68 Å². The lowest BCUT2D eigenvalue weighted by Crippen LogP contribution is -2.02. The number of benzene rings is 1. The molecule has 0 unspecified atom stereocenters. The van der Waals surface area contributed by atoms with Crippen molar-refractivity contribution in [3.63, 3.8) is 0 Å². The number of aromatic nitrogens is 2. The first-order chi connectivity index (χ1) is 7.50. The van der Waals surface area contributed by atoms with Crippen LogP contribution in [0.2, 0.25) is 0 Å². The van der Waals surface area contributed by atoms with Crippen molar-refractivity contribution in [1.82, 2.24) is 9.78 Å². The molecule has 84 valence electrons. The second-order valence-corrected chi connectivity index (χ2v) is 4.62. The average Bonchev–Trinajstić information content (AvgIpc) is 2.56. The standard InChI is InChI=1S/C11H11BrN2O2/c1-6(2)14-10(12)8-5-7(11(15)16)3-4-9(8)13-14/h3-6H,1-2H3,(H,15,16). The molecule has 0 bridgehead atoms. The van der Waals surface area contributed by atoms with E-state index in [9.17, 15) is 4.79 Å². The van der Waals surface area contributed by atoms with Gasteiger partial charge in [-0.2, -0.15) is 5.10 Å². The highest BCUT2D eigenvalue weighted by Crippen LogP contribution is 2.27. The van der Waals surface area contributed by atoms with E-state index in [1.165, 1.54) is 0 Å². The van der Waals surface area contributed by atoms with E-state index in [0.29, 0.717) is 0 Å². The monoisotopic (exact) mass is 282 g/mol. The van der Waals surface area contributed by atoms with E-state index in [-0.39, 0.29) is 11.6 Å². The molecule has 5 heteroatoms. The van der Waals surface area contributed by atoms with Crippen LogP contribution < -0.4 is 0 Å². The predicted molar refractivity (Wildman–Crippen MR) is 64.8 cm³/mol. The molecular formula is C11H11BrN2O2. The number of carbonyl (C=O) groups is 1. The molecule has 2 aromatic rings. The molecule has 1 heterocycles. The number of hydrogen-bond donors (Lipinski definition) is 1. The topological polar surface area (TPSA) is 55.1 Å². The molecule has 0 fully saturated rings. The van der Waals surface area contributed by atoms with Crippen LogP contribution in [0.5, 0.6) is 0 Å². The Morgan fingerprint density at radius 2 is 2.19 bits per heavy atom. The minimum absolute atomic E-state index is 0.232. The van der Waals surface area contributed by atoms with Gasteiger partial charge < -0.3 is 5.11 Å². The molecule has 2 rings (SSSR count). The van der Waals surface area contributed by atoms with Crippen molar-refractivity contribution in [2.24, 2.45) is 0 Å². The van der Waals surface area contributed by atoms with Crippen LogP contribution in [0.25, 0.3) is 10.9 Å². The third-order valence-electron chi connectivity index (χ3n) is 2.37. The van der Waals surface area contributed by atoms with Crippen LogP contribution >= 0.6 is 15.9 Å². The van der Waals surface area contributed by atoms with Gasteiger partial charge in [-0.25, -0.2) is 4.79 Å². The molecule has 0 spiro atoms. The first-order valence-corrected chi connectivity index (χ1v) is 5.71. The van der Waals surface area contributed by atoms with Crippen LogP contribution in [0.15, 0.2) is 22.8 Å². The second-order valence-electron chi connectivity index (χ2n) is 3.87. The number of nitrogens with zero attached hydrogens (tertiary/aromatic N) is 2. The summed E-state index contributed by atoms with van der Waals surface area (Å²) in [5, 5.41) is 14.1. The van der Waals surface area contributed by atoms with E-state index in [0.717, 1.165) is 15.5 Å². The Morgan fingerprint density at radius 3 is 2.75 bits per heavy atom. The van der Waals surface area contributed by atoms with Crippen molar-refractivity contribution in [3.8, 4) is 0 Å². The van der Waals surface area contributed by atoms with Crippen molar-refractivity contribution < 1.29 is 9.90 Å². The Bertz CT molecular complexity index is 560. The highest BCUT2D eigenvalue weighted by molar-refractivity contribution is 9.10. The molecule has 4 nitrogen and oxygen atoms in total. The average molecular weight is 283 g/mol. The van der Waals surface area contributed by atoms with Gasteiger partial charge in [0.05, 0.1) is 11.1 Å². The lowest BCUT2D eigenvalue weighted by atomic mass is 10.2. The molecule has 0 saturated carbocycles. The molecule has 0 atom stereocenters. The molecule has 0 aliphatic rings. The SMILES string of the molecule is CC(C)n1nc2ccc(C(=O)O)cc2c1Br. The quantitative estimate of drug-likeness (QED) is 0.921. The zero-order valence-electron chi connectivity index (χ0n) is 8.94. The predicted octanol–water partition coefficient (Wildman–Crippen LogP) is 3.08. The third kappa shape index (κ3) is 1.71. The van der Waals surface area contributed by atoms with Gasteiger partial charge >= 0.3 is 5.97 Å². The lowest BCUT2D eigenvalue weighted by molar-refractivity contribution is 0.0697. The lowest BCUT2D eigenvalue weighted by Gasteiger charge is -2.05. The van der Waals surface area contributed by atoms with E-state index in [4.69, 9.17) is 5.11 Å². The zero-order chi connectivity index (χ0) is 11.9. The molecule has 1 aromatic carbocycles. The smallest absolute Gasteiger partial charge is 0.335 e. The first-order valence-electron chi connectivity index (χ1n) is 4.91. The van der Waals surface area contributed by atoms with E-state index < -0.39 is 5.97 Å². The van der Waals surface area contributed by atoms with Gasteiger partial charge in [0.15, 0.2) is 0 Å². The Labute approximate surface area is 101 Å². The molecule has 0 saturated heterocycles. The summed E-state index contributed by atoms with van der Waals surface area (Å²) in [5.74, 6) is -0.925. The number of carboxylic acid groups (broad SMARTS) is 1. The Kier molecular flexibility index (Phi) is 2.71. The maximum atomic E-state index is 10.9. The van der Waals surface area contributed by atoms with Gasteiger partial charge in [-0.1, -0.05) is 0 Å². The largest absolute Gasteiger partial charge is 0.478 e. The summed E-state index contributed by atoms with van der Waals surface area (Å²) in [6, 6.07) is 5.15. The third-order valence-corrected chi connectivity index (χ3v) is 3.16. The van der Waals surface area contributed by atoms with Crippen molar-refractivity contribution in [1.29, 1.82) is 0 Å².